The molecule has 0 aromatic heterocycles. The third-order valence-electron chi connectivity index (χ3n) is 5.08. The Morgan fingerprint density at radius 3 is 2.20 bits per heavy atom. The highest BCUT2D eigenvalue weighted by Crippen LogP contribution is 2.34. The summed E-state index contributed by atoms with van der Waals surface area (Å²) in [5.74, 6) is 1.94. The minimum absolute atomic E-state index is 0.815. The van der Waals surface area contributed by atoms with Crippen molar-refractivity contribution in [2.45, 2.75) is 104 Å². The molecule has 0 radical (unpaired) electrons. The summed E-state index contributed by atoms with van der Waals surface area (Å²) < 4.78 is 0. The lowest BCUT2D eigenvalue weighted by atomic mass is 9.92. The second kappa shape index (κ2) is 11.6. The fraction of sp³-hybridized carbons (Fsp3) is 1.00. The van der Waals surface area contributed by atoms with E-state index in [0.29, 0.717) is 0 Å². The number of hydrogen-bond acceptors (Lipinski definition) is 1. The lowest BCUT2D eigenvalue weighted by Crippen LogP contribution is -2.35. The van der Waals surface area contributed by atoms with E-state index >= 15 is 0 Å². The van der Waals surface area contributed by atoms with Gasteiger partial charge in [-0.3, -0.25) is 0 Å². The molecule has 0 heterocycles. The minimum atomic E-state index is 0.815. The van der Waals surface area contributed by atoms with E-state index < -0.39 is 0 Å². The SMILES string of the molecule is CCCCCCCCCC(NCCC)C1CCC(C)C1. The van der Waals surface area contributed by atoms with E-state index in [4.69, 9.17) is 0 Å². The van der Waals surface area contributed by atoms with Crippen molar-refractivity contribution in [3.05, 3.63) is 0 Å². The largest absolute Gasteiger partial charge is 0.314 e. The first-order valence-electron chi connectivity index (χ1n) is 9.51. The van der Waals surface area contributed by atoms with Crippen LogP contribution in [-0.4, -0.2) is 12.6 Å². The van der Waals surface area contributed by atoms with E-state index in [1.807, 2.05) is 0 Å². The summed E-state index contributed by atoms with van der Waals surface area (Å²) in [6, 6.07) is 0.815. The molecule has 0 aromatic carbocycles. The number of hydrogen-bond donors (Lipinski definition) is 1. The van der Waals surface area contributed by atoms with Crippen LogP contribution in [0.3, 0.4) is 0 Å². The van der Waals surface area contributed by atoms with Crippen molar-refractivity contribution < 1.29 is 0 Å². The Labute approximate surface area is 128 Å². The minimum Gasteiger partial charge on any atom is -0.314 e. The summed E-state index contributed by atoms with van der Waals surface area (Å²) in [7, 11) is 0. The van der Waals surface area contributed by atoms with Gasteiger partial charge in [0.15, 0.2) is 0 Å². The topological polar surface area (TPSA) is 12.0 Å². The molecule has 0 amide bonds. The van der Waals surface area contributed by atoms with E-state index in [2.05, 4.69) is 26.1 Å². The molecular formula is C19H39N. The van der Waals surface area contributed by atoms with Crippen LogP contribution in [0.1, 0.15) is 97.8 Å². The standard InChI is InChI=1S/C19H39N/c1-4-6-7-8-9-10-11-12-19(20-15-5-2)18-14-13-17(3)16-18/h17-20H,4-16H2,1-3H3. The van der Waals surface area contributed by atoms with Gasteiger partial charge >= 0.3 is 0 Å². The molecule has 0 aromatic rings. The van der Waals surface area contributed by atoms with E-state index in [0.717, 1.165) is 17.9 Å². The molecule has 120 valence electrons. The van der Waals surface area contributed by atoms with Crippen LogP contribution in [0.15, 0.2) is 0 Å². The maximum atomic E-state index is 3.84. The number of rotatable bonds is 12. The molecule has 1 fully saturated rings. The van der Waals surface area contributed by atoms with Crippen LogP contribution in [0.2, 0.25) is 0 Å². The molecule has 0 bridgehead atoms. The predicted octanol–water partition coefficient (Wildman–Crippen LogP) is 5.93. The zero-order valence-corrected chi connectivity index (χ0v) is 14.4. The molecule has 1 saturated carbocycles. The molecule has 1 N–H and O–H groups in total. The maximum absolute atomic E-state index is 3.84. The zero-order chi connectivity index (χ0) is 14.6. The molecule has 3 unspecified atom stereocenters. The first kappa shape index (κ1) is 18.0. The Balaban J connectivity index is 2.13. The fourth-order valence-corrected chi connectivity index (χ4v) is 3.77. The summed E-state index contributed by atoms with van der Waals surface area (Å²) in [5, 5.41) is 3.84. The van der Waals surface area contributed by atoms with Gasteiger partial charge in [0.05, 0.1) is 0 Å². The Morgan fingerprint density at radius 1 is 0.900 bits per heavy atom. The Hall–Kier alpha value is -0.0400. The summed E-state index contributed by atoms with van der Waals surface area (Å²) >= 11 is 0. The average molecular weight is 282 g/mol. The summed E-state index contributed by atoms with van der Waals surface area (Å²) in [6.07, 6.45) is 17.2. The molecule has 3 atom stereocenters. The number of unbranched alkanes of at least 4 members (excludes halogenated alkanes) is 6. The third-order valence-corrected chi connectivity index (χ3v) is 5.08. The Morgan fingerprint density at radius 2 is 1.60 bits per heavy atom. The van der Waals surface area contributed by atoms with Gasteiger partial charge in [-0.15, -0.1) is 0 Å². The van der Waals surface area contributed by atoms with Gasteiger partial charge in [-0.1, -0.05) is 72.1 Å². The van der Waals surface area contributed by atoms with Gasteiger partial charge in [0.2, 0.25) is 0 Å². The summed E-state index contributed by atoms with van der Waals surface area (Å²) in [5.41, 5.74) is 0. The van der Waals surface area contributed by atoms with Gasteiger partial charge in [0.1, 0.15) is 0 Å². The van der Waals surface area contributed by atoms with Crippen molar-refractivity contribution in [3.63, 3.8) is 0 Å². The summed E-state index contributed by atoms with van der Waals surface area (Å²) in [4.78, 5) is 0. The molecule has 0 aliphatic heterocycles. The van der Waals surface area contributed by atoms with E-state index in [1.54, 1.807) is 0 Å². The molecule has 1 heteroatoms. The van der Waals surface area contributed by atoms with Crippen molar-refractivity contribution in [2.24, 2.45) is 11.8 Å². The van der Waals surface area contributed by atoms with Gasteiger partial charge < -0.3 is 5.32 Å². The average Bonchev–Trinajstić information content (AvgIpc) is 2.87. The molecule has 1 aliphatic carbocycles. The molecule has 0 spiro atoms. The molecule has 0 saturated heterocycles. The van der Waals surface area contributed by atoms with Crippen LogP contribution < -0.4 is 5.32 Å². The summed E-state index contributed by atoms with van der Waals surface area (Å²) in [6.45, 7) is 8.23. The van der Waals surface area contributed by atoms with Gasteiger partial charge in [0, 0.05) is 6.04 Å². The van der Waals surface area contributed by atoms with Crippen LogP contribution >= 0.6 is 0 Å². The lowest BCUT2D eigenvalue weighted by Gasteiger charge is -2.25. The van der Waals surface area contributed by atoms with Gasteiger partial charge in [-0.05, 0) is 44.1 Å². The van der Waals surface area contributed by atoms with Crippen molar-refractivity contribution in [1.82, 2.24) is 5.32 Å². The zero-order valence-electron chi connectivity index (χ0n) is 14.4. The predicted molar refractivity (Wildman–Crippen MR) is 91.2 cm³/mol. The van der Waals surface area contributed by atoms with E-state index in [-0.39, 0.29) is 0 Å². The third kappa shape index (κ3) is 7.67. The molecule has 1 nitrogen and oxygen atoms in total. The van der Waals surface area contributed by atoms with Crippen LogP contribution in [-0.2, 0) is 0 Å². The van der Waals surface area contributed by atoms with E-state index in [1.165, 1.54) is 83.6 Å². The van der Waals surface area contributed by atoms with Crippen molar-refractivity contribution in [3.8, 4) is 0 Å². The normalized spacial score (nSPS) is 24.1. The second-order valence-electron chi connectivity index (χ2n) is 7.15. The lowest BCUT2D eigenvalue weighted by molar-refractivity contribution is 0.324. The molecule has 1 rings (SSSR count). The van der Waals surface area contributed by atoms with Crippen molar-refractivity contribution >= 4 is 0 Å². The first-order valence-corrected chi connectivity index (χ1v) is 9.51. The Bertz CT molecular complexity index is 214. The van der Waals surface area contributed by atoms with Crippen LogP contribution in [0, 0.1) is 11.8 Å². The van der Waals surface area contributed by atoms with Gasteiger partial charge in [-0.25, -0.2) is 0 Å². The Kier molecular flexibility index (Phi) is 10.4. The van der Waals surface area contributed by atoms with Gasteiger partial charge in [-0.2, -0.15) is 0 Å². The molecule has 1 aliphatic rings. The van der Waals surface area contributed by atoms with Gasteiger partial charge in [0.25, 0.3) is 0 Å². The second-order valence-corrected chi connectivity index (χ2v) is 7.15. The highest BCUT2D eigenvalue weighted by Gasteiger charge is 2.27. The van der Waals surface area contributed by atoms with Crippen LogP contribution in [0.25, 0.3) is 0 Å². The van der Waals surface area contributed by atoms with E-state index in [9.17, 15) is 0 Å². The highest BCUT2D eigenvalue weighted by atomic mass is 14.9. The monoisotopic (exact) mass is 281 g/mol. The smallest absolute Gasteiger partial charge is 0.00954 e. The number of nitrogens with one attached hydrogen (secondary N) is 1. The van der Waals surface area contributed by atoms with Crippen molar-refractivity contribution in [2.75, 3.05) is 6.54 Å². The highest BCUT2D eigenvalue weighted by molar-refractivity contribution is 4.83. The van der Waals surface area contributed by atoms with Crippen LogP contribution in [0.4, 0.5) is 0 Å². The molecular weight excluding hydrogens is 242 g/mol. The van der Waals surface area contributed by atoms with Crippen molar-refractivity contribution in [1.29, 1.82) is 0 Å². The quantitative estimate of drug-likeness (QED) is 0.437. The fourth-order valence-electron chi connectivity index (χ4n) is 3.77. The first-order chi connectivity index (χ1) is 9.77. The molecule has 20 heavy (non-hydrogen) atoms. The van der Waals surface area contributed by atoms with Crippen LogP contribution in [0.5, 0.6) is 0 Å². The maximum Gasteiger partial charge on any atom is 0.00954 e.